The third kappa shape index (κ3) is 2.64. The van der Waals surface area contributed by atoms with Crippen molar-refractivity contribution in [2.75, 3.05) is 30.4 Å². The summed E-state index contributed by atoms with van der Waals surface area (Å²) >= 11 is 0. The van der Waals surface area contributed by atoms with Crippen LogP contribution in [0.15, 0.2) is 12.4 Å². The molecule has 0 saturated carbocycles. The van der Waals surface area contributed by atoms with Gasteiger partial charge in [0.2, 0.25) is 0 Å². The van der Waals surface area contributed by atoms with Gasteiger partial charge in [-0.25, -0.2) is 9.97 Å². The molecule has 6 nitrogen and oxygen atoms in total. The molecule has 1 fully saturated rings. The van der Waals surface area contributed by atoms with Crippen molar-refractivity contribution in [2.24, 2.45) is 5.92 Å². The number of carboxylic acid groups (broad SMARTS) is 1. The summed E-state index contributed by atoms with van der Waals surface area (Å²) in [6.45, 7) is 1.37. The van der Waals surface area contributed by atoms with Crippen molar-refractivity contribution < 1.29 is 9.90 Å². The molecular formula is C11H16N4O2. The van der Waals surface area contributed by atoms with E-state index in [0.717, 1.165) is 31.0 Å². The van der Waals surface area contributed by atoms with Gasteiger partial charge in [-0.15, -0.1) is 0 Å². The molecule has 1 atom stereocenters. The number of piperidine rings is 1. The van der Waals surface area contributed by atoms with Crippen LogP contribution in [-0.4, -0.2) is 41.2 Å². The third-order valence-corrected chi connectivity index (χ3v) is 3.00. The molecule has 0 radical (unpaired) electrons. The summed E-state index contributed by atoms with van der Waals surface area (Å²) in [4.78, 5) is 21.2. The second-order valence-corrected chi connectivity index (χ2v) is 4.13. The summed E-state index contributed by atoms with van der Waals surface area (Å²) in [5, 5.41) is 12.0. The SMILES string of the molecule is CNc1cc(N2CCCC(C(=O)O)C2)ncn1. The van der Waals surface area contributed by atoms with Gasteiger partial charge >= 0.3 is 5.97 Å². The molecule has 2 heterocycles. The molecule has 1 unspecified atom stereocenters. The fourth-order valence-electron chi connectivity index (χ4n) is 2.04. The van der Waals surface area contributed by atoms with E-state index in [0.29, 0.717) is 6.54 Å². The molecule has 2 rings (SSSR count). The van der Waals surface area contributed by atoms with Crippen molar-refractivity contribution in [3.05, 3.63) is 12.4 Å². The Balaban J connectivity index is 2.13. The lowest BCUT2D eigenvalue weighted by molar-refractivity contribution is -0.141. The molecule has 0 bridgehead atoms. The fraction of sp³-hybridized carbons (Fsp3) is 0.545. The summed E-state index contributed by atoms with van der Waals surface area (Å²) in [5.74, 6) is 0.511. The van der Waals surface area contributed by atoms with Crippen LogP contribution in [0.2, 0.25) is 0 Å². The second-order valence-electron chi connectivity index (χ2n) is 4.13. The van der Waals surface area contributed by atoms with E-state index in [2.05, 4.69) is 15.3 Å². The van der Waals surface area contributed by atoms with E-state index in [9.17, 15) is 4.79 Å². The lowest BCUT2D eigenvalue weighted by Crippen LogP contribution is -2.39. The monoisotopic (exact) mass is 236 g/mol. The number of carbonyl (C=O) groups is 1. The lowest BCUT2D eigenvalue weighted by Gasteiger charge is -2.31. The Hall–Kier alpha value is -1.85. The topological polar surface area (TPSA) is 78.4 Å². The van der Waals surface area contributed by atoms with Gasteiger partial charge in [0, 0.05) is 26.2 Å². The summed E-state index contributed by atoms with van der Waals surface area (Å²) in [6.07, 6.45) is 3.12. The molecule has 0 aromatic carbocycles. The standard InChI is InChI=1S/C11H16N4O2/c1-12-9-5-10(14-7-13-9)15-4-2-3-8(6-15)11(16)17/h5,7-8H,2-4,6H2,1H3,(H,16,17)(H,12,13,14). The highest BCUT2D eigenvalue weighted by molar-refractivity contribution is 5.71. The summed E-state index contributed by atoms with van der Waals surface area (Å²) < 4.78 is 0. The zero-order valence-corrected chi connectivity index (χ0v) is 9.76. The summed E-state index contributed by atoms with van der Waals surface area (Å²) in [7, 11) is 1.79. The van der Waals surface area contributed by atoms with Crippen LogP contribution in [0.3, 0.4) is 0 Å². The number of rotatable bonds is 3. The quantitative estimate of drug-likeness (QED) is 0.809. The first kappa shape index (κ1) is 11.6. The zero-order valence-electron chi connectivity index (χ0n) is 9.76. The number of aromatic nitrogens is 2. The first-order valence-electron chi connectivity index (χ1n) is 5.68. The summed E-state index contributed by atoms with van der Waals surface area (Å²) in [5.41, 5.74) is 0. The van der Waals surface area contributed by atoms with Crippen LogP contribution in [0, 0.1) is 5.92 Å². The van der Waals surface area contributed by atoms with Gasteiger partial charge in [-0.05, 0) is 12.8 Å². The van der Waals surface area contributed by atoms with Gasteiger partial charge < -0.3 is 15.3 Å². The Bertz CT molecular complexity index is 410. The maximum absolute atomic E-state index is 11.0. The minimum atomic E-state index is -0.724. The van der Waals surface area contributed by atoms with Crippen molar-refractivity contribution in [1.29, 1.82) is 0 Å². The van der Waals surface area contributed by atoms with Crippen molar-refractivity contribution in [1.82, 2.24) is 9.97 Å². The first-order valence-corrected chi connectivity index (χ1v) is 5.68. The van der Waals surface area contributed by atoms with E-state index in [-0.39, 0.29) is 5.92 Å². The van der Waals surface area contributed by atoms with Crippen molar-refractivity contribution in [2.45, 2.75) is 12.8 Å². The van der Waals surface area contributed by atoms with Crippen LogP contribution in [0.4, 0.5) is 11.6 Å². The molecule has 1 aromatic rings. The van der Waals surface area contributed by atoms with Crippen LogP contribution in [0.5, 0.6) is 0 Å². The molecule has 1 aromatic heterocycles. The van der Waals surface area contributed by atoms with E-state index in [1.807, 2.05) is 11.0 Å². The molecule has 6 heteroatoms. The van der Waals surface area contributed by atoms with E-state index in [1.165, 1.54) is 6.33 Å². The van der Waals surface area contributed by atoms with Gasteiger partial charge in [-0.1, -0.05) is 0 Å². The Kier molecular flexibility index (Phi) is 3.41. The van der Waals surface area contributed by atoms with E-state index in [4.69, 9.17) is 5.11 Å². The average Bonchev–Trinajstić information content (AvgIpc) is 2.39. The van der Waals surface area contributed by atoms with E-state index in [1.54, 1.807) is 7.05 Å². The highest BCUT2D eigenvalue weighted by Gasteiger charge is 2.26. The Morgan fingerprint density at radius 3 is 3.12 bits per heavy atom. The predicted molar refractivity (Wildman–Crippen MR) is 64.2 cm³/mol. The minimum Gasteiger partial charge on any atom is -0.481 e. The number of carboxylic acids is 1. The smallest absolute Gasteiger partial charge is 0.308 e. The Labute approximate surface area is 99.7 Å². The van der Waals surface area contributed by atoms with Gasteiger partial charge in [0.1, 0.15) is 18.0 Å². The van der Waals surface area contributed by atoms with Gasteiger partial charge in [-0.3, -0.25) is 4.79 Å². The van der Waals surface area contributed by atoms with Gasteiger partial charge in [0.05, 0.1) is 5.92 Å². The maximum atomic E-state index is 11.0. The first-order chi connectivity index (χ1) is 8.20. The predicted octanol–water partition coefficient (Wildman–Crippen LogP) is 0.819. The molecular weight excluding hydrogens is 220 g/mol. The number of aliphatic carboxylic acids is 1. The molecule has 2 N–H and O–H groups in total. The zero-order chi connectivity index (χ0) is 12.3. The highest BCUT2D eigenvalue weighted by atomic mass is 16.4. The van der Waals surface area contributed by atoms with Crippen LogP contribution in [0.25, 0.3) is 0 Å². The fourth-order valence-corrected chi connectivity index (χ4v) is 2.04. The number of nitrogens with one attached hydrogen (secondary N) is 1. The van der Waals surface area contributed by atoms with E-state index >= 15 is 0 Å². The average molecular weight is 236 g/mol. The van der Waals surface area contributed by atoms with Crippen LogP contribution < -0.4 is 10.2 Å². The molecule has 0 aliphatic carbocycles. The molecule has 1 aliphatic rings. The number of hydrogen-bond donors (Lipinski definition) is 2. The molecule has 1 saturated heterocycles. The Morgan fingerprint density at radius 2 is 2.41 bits per heavy atom. The lowest BCUT2D eigenvalue weighted by atomic mass is 9.98. The van der Waals surface area contributed by atoms with E-state index < -0.39 is 5.97 Å². The maximum Gasteiger partial charge on any atom is 0.308 e. The molecule has 92 valence electrons. The van der Waals surface area contributed by atoms with Gasteiger partial charge in [0.25, 0.3) is 0 Å². The van der Waals surface area contributed by atoms with Crippen molar-refractivity contribution >= 4 is 17.6 Å². The third-order valence-electron chi connectivity index (χ3n) is 3.00. The normalized spacial score (nSPS) is 20.1. The van der Waals surface area contributed by atoms with Crippen molar-refractivity contribution in [3.63, 3.8) is 0 Å². The highest BCUT2D eigenvalue weighted by Crippen LogP contribution is 2.22. The van der Waals surface area contributed by atoms with Crippen LogP contribution in [0.1, 0.15) is 12.8 Å². The largest absolute Gasteiger partial charge is 0.481 e. The molecule has 17 heavy (non-hydrogen) atoms. The van der Waals surface area contributed by atoms with Crippen molar-refractivity contribution in [3.8, 4) is 0 Å². The van der Waals surface area contributed by atoms with Crippen LogP contribution in [-0.2, 0) is 4.79 Å². The number of anilines is 2. The minimum absolute atomic E-state index is 0.295. The van der Waals surface area contributed by atoms with Gasteiger partial charge in [0.15, 0.2) is 0 Å². The molecule has 0 amide bonds. The van der Waals surface area contributed by atoms with Gasteiger partial charge in [-0.2, -0.15) is 0 Å². The summed E-state index contributed by atoms with van der Waals surface area (Å²) in [6, 6.07) is 1.84. The second kappa shape index (κ2) is 4.99. The van der Waals surface area contributed by atoms with Crippen LogP contribution >= 0.6 is 0 Å². The Morgan fingerprint density at radius 1 is 1.59 bits per heavy atom. The molecule has 1 aliphatic heterocycles. The number of hydrogen-bond acceptors (Lipinski definition) is 5. The molecule has 0 spiro atoms. The number of nitrogens with zero attached hydrogens (tertiary/aromatic N) is 3.